The molecule has 3 aromatic rings. The molecule has 8 nitrogen and oxygen atoms in total. The minimum Gasteiger partial charge on any atom is -0.497 e. The first-order chi connectivity index (χ1) is 15.5. The molecule has 1 aliphatic rings. The van der Waals surface area contributed by atoms with E-state index in [0.717, 1.165) is 4.90 Å². The van der Waals surface area contributed by atoms with Crippen LogP contribution in [0.25, 0.3) is 5.57 Å². The fourth-order valence-corrected chi connectivity index (χ4v) is 3.46. The van der Waals surface area contributed by atoms with Crippen molar-refractivity contribution in [2.24, 2.45) is 0 Å². The Hall–Kier alpha value is -4.20. The topological polar surface area (TPSA) is 90.2 Å². The van der Waals surface area contributed by atoms with Crippen LogP contribution in [0.4, 0.5) is 5.69 Å². The van der Waals surface area contributed by atoms with Crippen LogP contribution in [-0.2, 0) is 16.1 Å². The number of nitrogens with zero attached hydrogens (tertiary/aromatic N) is 1. The van der Waals surface area contributed by atoms with E-state index in [2.05, 4.69) is 5.32 Å². The normalized spacial score (nSPS) is 13.5. The van der Waals surface area contributed by atoms with Gasteiger partial charge in [-0.15, -0.1) is 0 Å². The molecule has 2 heterocycles. The highest BCUT2D eigenvalue weighted by Gasteiger charge is 2.40. The summed E-state index contributed by atoms with van der Waals surface area (Å²) in [5.41, 5.74) is 1.51. The van der Waals surface area contributed by atoms with Gasteiger partial charge in [0.2, 0.25) is 0 Å². The number of rotatable bonds is 8. The number of furan rings is 1. The van der Waals surface area contributed by atoms with Gasteiger partial charge in [0, 0.05) is 6.07 Å². The molecule has 32 heavy (non-hydrogen) atoms. The summed E-state index contributed by atoms with van der Waals surface area (Å²) in [7, 11) is 4.63. The lowest BCUT2D eigenvalue weighted by molar-refractivity contribution is -0.137. The van der Waals surface area contributed by atoms with Crippen LogP contribution in [0.3, 0.4) is 0 Å². The van der Waals surface area contributed by atoms with E-state index in [9.17, 15) is 9.59 Å². The summed E-state index contributed by atoms with van der Waals surface area (Å²) in [5.74, 6) is 1.33. The van der Waals surface area contributed by atoms with Crippen LogP contribution in [-0.4, -0.2) is 38.0 Å². The summed E-state index contributed by atoms with van der Waals surface area (Å²) < 4.78 is 21.2. The average Bonchev–Trinajstić information content (AvgIpc) is 3.42. The Balaban J connectivity index is 1.76. The zero-order valence-corrected chi connectivity index (χ0v) is 17.9. The number of anilines is 1. The molecule has 1 aromatic heterocycles. The number of nitrogens with one attached hydrogen (secondary N) is 1. The molecule has 1 aliphatic heterocycles. The molecular weight excluding hydrogens is 412 g/mol. The molecule has 0 saturated heterocycles. The van der Waals surface area contributed by atoms with Crippen molar-refractivity contribution in [1.29, 1.82) is 0 Å². The van der Waals surface area contributed by atoms with Gasteiger partial charge in [-0.25, -0.2) is 0 Å². The molecule has 8 heteroatoms. The van der Waals surface area contributed by atoms with Crippen LogP contribution < -0.4 is 19.5 Å². The van der Waals surface area contributed by atoms with Gasteiger partial charge >= 0.3 is 0 Å². The molecule has 0 radical (unpaired) electrons. The maximum atomic E-state index is 13.3. The van der Waals surface area contributed by atoms with Crippen LogP contribution in [0.2, 0.25) is 0 Å². The largest absolute Gasteiger partial charge is 0.497 e. The molecule has 0 spiro atoms. The quantitative estimate of drug-likeness (QED) is 0.541. The summed E-state index contributed by atoms with van der Waals surface area (Å²) in [4.78, 5) is 27.8. The zero-order valence-electron chi connectivity index (χ0n) is 17.9. The first-order valence-corrected chi connectivity index (χ1v) is 9.82. The van der Waals surface area contributed by atoms with Crippen LogP contribution in [0.5, 0.6) is 17.2 Å². The number of carbonyl (C=O) groups is 2. The van der Waals surface area contributed by atoms with Gasteiger partial charge in [0.15, 0.2) is 0 Å². The van der Waals surface area contributed by atoms with Crippen molar-refractivity contribution in [3.8, 4) is 17.2 Å². The van der Waals surface area contributed by atoms with Crippen LogP contribution in [0.15, 0.2) is 71.0 Å². The predicted molar refractivity (Wildman–Crippen MR) is 117 cm³/mol. The molecule has 164 valence electrons. The maximum absolute atomic E-state index is 13.3. The second kappa shape index (κ2) is 8.89. The first-order valence-electron chi connectivity index (χ1n) is 9.82. The molecule has 0 saturated carbocycles. The van der Waals surface area contributed by atoms with E-state index in [4.69, 9.17) is 18.6 Å². The van der Waals surface area contributed by atoms with E-state index in [1.165, 1.54) is 13.4 Å². The van der Waals surface area contributed by atoms with Gasteiger partial charge < -0.3 is 23.9 Å². The van der Waals surface area contributed by atoms with Crippen LogP contribution in [0, 0.1) is 0 Å². The van der Waals surface area contributed by atoms with E-state index >= 15 is 0 Å². The Bertz CT molecular complexity index is 1170. The fourth-order valence-electron chi connectivity index (χ4n) is 3.46. The molecule has 2 aromatic carbocycles. The van der Waals surface area contributed by atoms with Crippen molar-refractivity contribution in [3.63, 3.8) is 0 Å². The van der Waals surface area contributed by atoms with Gasteiger partial charge in [0.25, 0.3) is 11.8 Å². The number of benzene rings is 2. The minimum atomic E-state index is -0.463. The van der Waals surface area contributed by atoms with Gasteiger partial charge in [0.05, 0.1) is 45.4 Å². The number of hydrogen-bond donors (Lipinski definition) is 1. The zero-order chi connectivity index (χ0) is 22.7. The Labute approximate surface area is 185 Å². The molecule has 1 N–H and O–H groups in total. The third kappa shape index (κ3) is 3.90. The highest BCUT2D eigenvalue weighted by molar-refractivity contribution is 6.36. The molecular formula is C24H22N2O6. The molecule has 0 aliphatic carbocycles. The number of methoxy groups -OCH3 is 3. The Morgan fingerprint density at radius 2 is 1.59 bits per heavy atom. The standard InChI is InChI=1S/C24H22N2O6/c1-29-16-8-6-15(7-9-16)21-22(25-19-11-10-17(30-2)13-20(19)31-3)24(28)26(23(21)27)14-18-5-4-12-32-18/h4-13,25H,14H2,1-3H3. The van der Waals surface area contributed by atoms with E-state index < -0.39 is 11.8 Å². The van der Waals surface area contributed by atoms with Crippen LogP contribution in [0.1, 0.15) is 11.3 Å². The summed E-state index contributed by atoms with van der Waals surface area (Å²) in [5, 5.41) is 3.10. The number of ether oxygens (including phenoxy) is 3. The Morgan fingerprint density at radius 1 is 0.875 bits per heavy atom. The van der Waals surface area contributed by atoms with Crippen molar-refractivity contribution in [1.82, 2.24) is 4.90 Å². The second-order valence-electron chi connectivity index (χ2n) is 6.95. The molecule has 0 unspecified atom stereocenters. The first kappa shape index (κ1) is 21.0. The van der Waals surface area contributed by atoms with E-state index in [0.29, 0.717) is 34.3 Å². The summed E-state index contributed by atoms with van der Waals surface area (Å²) >= 11 is 0. The van der Waals surface area contributed by atoms with Crippen molar-refractivity contribution in [2.45, 2.75) is 6.54 Å². The predicted octanol–water partition coefficient (Wildman–Crippen LogP) is 3.70. The third-order valence-electron chi connectivity index (χ3n) is 5.11. The summed E-state index contributed by atoms with van der Waals surface area (Å²) in [6.07, 6.45) is 1.50. The Kier molecular flexibility index (Phi) is 5.85. The van der Waals surface area contributed by atoms with Gasteiger partial charge in [-0.1, -0.05) is 12.1 Å². The van der Waals surface area contributed by atoms with Crippen molar-refractivity contribution in [2.75, 3.05) is 26.6 Å². The third-order valence-corrected chi connectivity index (χ3v) is 5.11. The average molecular weight is 434 g/mol. The van der Waals surface area contributed by atoms with Gasteiger partial charge in [-0.05, 0) is 42.0 Å². The van der Waals surface area contributed by atoms with Crippen molar-refractivity contribution >= 4 is 23.1 Å². The van der Waals surface area contributed by atoms with E-state index in [1.54, 1.807) is 68.8 Å². The summed E-state index contributed by atoms with van der Waals surface area (Å²) in [6.45, 7) is 0.0231. The van der Waals surface area contributed by atoms with Gasteiger partial charge in [-0.2, -0.15) is 0 Å². The van der Waals surface area contributed by atoms with Crippen molar-refractivity contribution in [3.05, 3.63) is 77.9 Å². The van der Waals surface area contributed by atoms with Gasteiger partial charge in [0.1, 0.15) is 28.7 Å². The van der Waals surface area contributed by atoms with E-state index in [-0.39, 0.29) is 17.8 Å². The molecule has 0 atom stereocenters. The van der Waals surface area contributed by atoms with Gasteiger partial charge in [-0.3, -0.25) is 14.5 Å². The SMILES string of the molecule is COc1ccc(C2=C(Nc3ccc(OC)cc3OC)C(=O)N(Cc3ccco3)C2=O)cc1. The number of carbonyl (C=O) groups excluding carboxylic acids is 2. The highest BCUT2D eigenvalue weighted by atomic mass is 16.5. The summed E-state index contributed by atoms with van der Waals surface area (Å²) in [6, 6.07) is 15.5. The van der Waals surface area contributed by atoms with Crippen LogP contribution >= 0.6 is 0 Å². The molecule has 0 fully saturated rings. The fraction of sp³-hybridized carbons (Fsp3) is 0.167. The lowest BCUT2D eigenvalue weighted by Crippen LogP contribution is -2.31. The molecule has 4 rings (SSSR count). The Morgan fingerprint density at radius 3 is 2.22 bits per heavy atom. The minimum absolute atomic E-state index is 0.0231. The maximum Gasteiger partial charge on any atom is 0.278 e. The monoisotopic (exact) mass is 434 g/mol. The number of imide groups is 1. The molecule has 2 amide bonds. The second-order valence-corrected chi connectivity index (χ2v) is 6.95. The van der Waals surface area contributed by atoms with E-state index in [1.807, 2.05) is 0 Å². The molecule has 0 bridgehead atoms. The number of amides is 2. The lowest BCUT2D eigenvalue weighted by Gasteiger charge is -2.15. The lowest BCUT2D eigenvalue weighted by atomic mass is 10.0. The number of hydrogen-bond acceptors (Lipinski definition) is 7. The highest BCUT2D eigenvalue weighted by Crippen LogP contribution is 2.36. The van der Waals surface area contributed by atoms with Crippen molar-refractivity contribution < 1.29 is 28.2 Å². The smallest absolute Gasteiger partial charge is 0.278 e.